The molecule has 0 saturated heterocycles. The van der Waals surface area contributed by atoms with Crippen molar-refractivity contribution in [2.75, 3.05) is 11.1 Å². The first-order valence-electron chi connectivity index (χ1n) is 10.5. The summed E-state index contributed by atoms with van der Waals surface area (Å²) in [6.45, 7) is 5.95. The molecule has 0 saturated carbocycles. The summed E-state index contributed by atoms with van der Waals surface area (Å²) in [5.74, 6) is 1.39. The van der Waals surface area contributed by atoms with Crippen molar-refractivity contribution in [1.82, 2.24) is 19.7 Å². The largest absolute Gasteiger partial charge is 0.309 e. The first kappa shape index (κ1) is 20.5. The average molecular weight is 442 g/mol. The summed E-state index contributed by atoms with van der Waals surface area (Å²) >= 11 is 1.61. The lowest BCUT2D eigenvalue weighted by Crippen LogP contribution is -2.17. The van der Waals surface area contributed by atoms with Crippen molar-refractivity contribution >= 4 is 23.5 Å². The van der Waals surface area contributed by atoms with E-state index in [4.69, 9.17) is 5.10 Å². The molecule has 5 rings (SSSR count). The van der Waals surface area contributed by atoms with Crippen molar-refractivity contribution in [3.8, 4) is 17.2 Å². The number of amides is 1. The second-order valence-corrected chi connectivity index (χ2v) is 9.09. The van der Waals surface area contributed by atoms with Gasteiger partial charge < -0.3 is 5.32 Å². The van der Waals surface area contributed by atoms with Crippen molar-refractivity contribution in [3.05, 3.63) is 88.7 Å². The number of nitrogens with zero attached hydrogens (tertiary/aromatic N) is 4. The van der Waals surface area contributed by atoms with E-state index in [0.717, 1.165) is 33.8 Å². The summed E-state index contributed by atoms with van der Waals surface area (Å²) in [6.07, 6.45) is 0. The quantitative estimate of drug-likeness (QED) is 0.483. The fourth-order valence-corrected chi connectivity index (χ4v) is 5.18. The summed E-state index contributed by atoms with van der Waals surface area (Å²) < 4.78 is 1.68. The number of nitrogens with one attached hydrogen (secondary N) is 1. The maximum Gasteiger partial charge on any atom is 0.252 e. The molecule has 0 bridgehead atoms. The second kappa shape index (κ2) is 8.24. The van der Waals surface area contributed by atoms with E-state index in [0.29, 0.717) is 17.5 Å². The van der Waals surface area contributed by atoms with Gasteiger partial charge in [-0.25, -0.2) is 9.97 Å². The molecule has 4 aromatic rings. The Morgan fingerprint density at radius 3 is 2.44 bits per heavy atom. The van der Waals surface area contributed by atoms with E-state index in [9.17, 15) is 4.79 Å². The summed E-state index contributed by atoms with van der Waals surface area (Å²) in [5, 5.41) is 7.99. The highest BCUT2D eigenvalue weighted by Gasteiger charge is 2.33. The lowest BCUT2D eigenvalue weighted by atomic mass is 9.99. The van der Waals surface area contributed by atoms with Gasteiger partial charge in [0.25, 0.3) is 5.95 Å². The van der Waals surface area contributed by atoms with Crippen LogP contribution < -0.4 is 5.32 Å². The SMILES string of the molecule is Cc1cccc([C@@H]2SCC(=O)Nc3c2c(-c2ccccc2)nn3-c2nc(C)cc(C)n2)c1. The van der Waals surface area contributed by atoms with Crippen molar-refractivity contribution in [2.24, 2.45) is 0 Å². The van der Waals surface area contributed by atoms with Gasteiger partial charge in [0.15, 0.2) is 0 Å². The number of rotatable bonds is 3. The minimum Gasteiger partial charge on any atom is -0.309 e. The number of carbonyl (C=O) groups is 1. The Balaban J connectivity index is 1.81. The molecule has 160 valence electrons. The van der Waals surface area contributed by atoms with Crippen LogP contribution in [-0.4, -0.2) is 31.4 Å². The zero-order valence-electron chi connectivity index (χ0n) is 18.2. The van der Waals surface area contributed by atoms with Crippen LogP contribution in [0.3, 0.4) is 0 Å². The molecule has 6 nitrogen and oxygen atoms in total. The standard InChI is InChI=1S/C25H23N5OS/c1-15-8-7-11-19(12-15)23-21-22(18-9-5-4-6-10-18)29-30(24(21)28-20(31)14-32-23)25-26-16(2)13-17(3)27-25/h4-13,23H,14H2,1-3H3,(H,28,31)/t23-/m0/s1. The number of fused-ring (bicyclic) bond motifs is 1. The summed E-state index contributed by atoms with van der Waals surface area (Å²) in [6, 6.07) is 20.4. The number of thioether (sulfide) groups is 1. The number of hydrogen-bond donors (Lipinski definition) is 1. The highest BCUT2D eigenvalue weighted by molar-refractivity contribution is 8.00. The van der Waals surface area contributed by atoms with Gasteiger partial charge in [0.1, 0.15) is 5.82 Å². The van der Waals surface area contributed by atoms with E-state index in [1.807, 2.05) is 50.2 Å². The molecule has 1 N–H and O–H groups in total. The normalized spacial score (nSPS) is 15.7. The number of hydrogen-bond acceptors (Lipinski definition) is 5. The van der Waals surface area contributed by atoms with Gasteiger partial charge in [-0.15, -0.1) is 11.8 Å². The van der Waals surface area contributed by atoms with Crippen LogP contribution in [0.5, 0.6) is 0 Å². The molecule has 3 heterocycles. The molecule has 0 fully saturated rings. The third-order valence-corrected chi connectivity index (χ3v) is 6.65. The van der Waals surface area contributed by atoms with Gasteiger partial charge >= 0.3 is 0 Å². The van der Waals surface area contributed by atoms with Crippen molar-refractivity contribution in [2.45, 2.75) is 26.0 Å². The van der Waals surface area contributed by atoms with E-state index in [2.05, 4.69) is 46.5 Å². The van der Waals surface area contributed by atoms with Gasteiger partial charge in [0, 0.05) is 22.5 Å². The molecular formula is C25H23N5OS. The van der Waals surface area contributed by atoms with Crippen molar-refractivity contribution in [1.29, 1.82) is 0 Å². The zero-order chi connectivity index (χ0) is 22.2. The highest BCUT2D eigenvalue weighted by atomic mass is 32.2. The van der Waals surface area contributed by atoms with Gasteiger partial charge in [-0.3, -0.25) is 4.79 Å². The van der Waals surface area contributed by atoms with Crippen molar-refractivity contribution < 1.29 is 4.79 Å². The Hall–Kier alpha value is -3.45. The average Bonchev–Trinajstić information content (AvgIpc) is 3.04. The fraction of sp³-hybridized carbons (Fsp3) is 0.200. The predicted octanol–water partition coefficient (Wildman–Crippen LogP) is 5.03. The third kappa shape index (κ3) is 3.80. The van der Waals surface area contributed by atoms with Crippen LogP contribution in [0.25, 0.3) is 17.2 Å². The smallest absolute Gasteiger partial charge is 0.252 e. The third-order valence-electron chi connectivity index (χ3n) is 5.38. The number of benzene rings is 2. The minimum absolute atomic E-state index is 0.0567. The van der Waals surface area contributed by atoms with Gasteiger partial charge in [-0.2, -0.15) is 9.78 Å². The monoisotopic (exact) mass is 441 g/mol. The molecule has 7 heteroatoms. The number of carbonyl (C=O) groups excluding carboxylic acids is 1. The van der Waals surface area contributed by atoms with E-state index >= 15 is 0 Å². The van der Waals surface area contributed by atoms with Crippen LogP contribution in [0.15, 0.2) is 60.7 Å². The molecule has 1 aliphatic rings. The highest BCUT2D eigenvalue weighted by Crippen LogP contribution is 2.46. The summed E-state index contributed by atoms with van der Waals surface area (Å²) in [7, 11) is 0. The Kier molecular flexibility index (Phi) is 5.27. The first-order chi connectivity index (χ1) is 15.5. The van der Waals surface area contributed by atoms with E-state index in [1.54, 1.807) is 16.4 Å². The Morgan fingerprint density at radius 1 is 0.969 bits per heavy atom. The Morgan fingerprint density at radius 2 is 1.72 bits per heavy atom. The van der Waals surface area contributed by atoms with Crippen LogP contribution in [0.2, 0.25) is 0 Å². The predicted molar refractivity (Wildman–Crippen MR) is 128 cm³/mol. The maximum atomic E-state index is 12.7. The van der Waals surface area contributed by atoms with Gasteiger partial charge in [-0.05, 0) is 32.4 Å². The molecular weight excluding hydrogens is 418 g/mol. The number of aromatic nitrogens is 4. The zero-order valence-corrected chi connectivity index (χ0v) is 19.0. The summed E-state index contributed by atoms with van der Waals surface area (Å²) in [4.78, 5) is 22.0. The van der Waals surface area contributed by atoms with Gasteiger partial charge in [0.2, 0.25) is 5.91 Å². The van der Waals surface area contributed by atoms with Crippen LogP contribution in [0.1, 0.15) is 33.3 Å². The van der Waals surface area contributed by atoms with Crippen LogP contribution >= 0.6 is 11.8 Å². The lowest BCUT2D eigenvalue weighted by molar-refractivity contribution is -0.113. The molecule has 1 amide bonds. The molecule has 0 aliphatic carbocycles. The van der Waals surface area contributed by atoms with Gasteiger partial charge in [-0.1, -0.05) is 60.2 Å². The lowest BCUT2D eigenvalue weighted by Gasteiger charge is -2.16. The molecule has 32 heavy (non-hydrogen) atoms. The Labute approximate surface area is 191 Å². The first-order valence-corrected chi connectivity index (χ1v) is 11.5. The van der Waals surface area contributed by atoms with Crippen molar-refractivity contribution in [3.63, 3.8) is 0 Å². The Bertz CT molecular complexity index is 1300. The number of anilines is 1. The molecule has 0 spiro atoms. The molecule has 1 aliphatic heterocycles. The van der Waals surface area contributed by atoms with E-state index in [-0.39, 0.29) is 11.2 Å². The molecule has 0 radical (unpaired) electrons. The topological polar surface area (TPSA) is 72.7 Å². The minimum atomic E-state index is -0.0588. The maximum absolute atomic E-state index is 12.7. The van der Waals surface area contributed by atoms with E-state index in [1.165, 1.54) is 5.56 Å². The van der Waals surface area contributed by atoms with Crippen LogP contribution in [0.4, 0.5) is 5.82 Å². The second-order valence-electron chi connectivity index (χ2n) is 7.99. The molecule has 2 aromatic carbocycles. The van der Waals surface area contributed by atoms with Gasteiger partial charge in [0.05, 0.1) is 16.7 Å². The molecule has 2 aromatic heterocycles. The van der Waals surface area contributed by atoms with Crippen LogP contribution in [0, 0.1) is 20.8 Å². The fourth-order valence-electron chi connectivity index (χ4n) is 4.06. The number of aryl methyl sites for hydroxylation is 3. The van der Waals surface area contributed by atoms with Crippen LogP contribution in [-0.2, 0) is 4.79 Å². The molecule has 1 atom stereocenters. The van der Waals surface area contributed by atoms with E-state index < -0.39 is 0 Å². The summed E-state index contributed by atoms with van der Waals surface area (Å²) in [5.41, 5.74) is 6.81. The molecule has 0 unspecified atom stereocenters.